The zero-order valence-corrected chi connectivity index (χ0v) is 18.2. The molecule has 1 aromatic heterocycles. The van der Waals surface area contributed by atoms with Crippen LogP contribution in [0.25, 0.3) is 11.3 Å². The average molecular weight is 434 g/mol. The van der Waals surface area contributed by atoms with Crippen molar-refractivity contribution in [3.63, 3.8) is 0 Å². The Morgan fingerprint density at radius 1 is 0.875 bits per heavy atom. The van der Waals surface area contributed by atoms with Gasteiger partial charge in [0.2, 0.25) is 0 Å². The van der Waals surface area contributed by atoms with E-state index in [-0.39, 0.29) is 12.5 Å². The van der Waals surface area contributed by atoms with Gasteiger partial charge in [-0.1, -0.05) is 6.07 Å². The van der Waals surface area contributed by atoms with E-state index in [4.69, 9.17) is 14.2 Å². The lowest BCUT2D eigenvalue weighted by Gasteiger charge is -2.35. The highest BCUT2D eigenvalue weighted by atomic mass is 16.5. The predicted molar refractivity (Wildman–Crippen MR) is 121 cm³/mol. The zero-order valence-electron chi connectivity index (χ0n) is 18.2. The molecule has 0 spiro atoms. The van der Waals surface area contributed by atoms with Crippen LogP contribution < -0.4 is 19.1 Å². The highest BCUT2D eigenvalue weighted by Gasteiger charge is 2.22. The van der Waals surface area contributed by atoms with E-state index < -0.39 is 0 Å². The summed E-state index contributed by atoms with van der Waals surface area (Å²) in [7, 11) is 3.24. The number of hydrogen-bond acceptors (Lipinski definition) is 7. The van der Waals surface area contributed by atoms with E-state index in [1.165, 1.54) is 0 Å². The van der Waals surface area contributed by atoms with Crippen molar-refractivity contribution in [2.45, 2.75) is 0 Å². The molecule has 1 aliphatic rings. The summed E-state index contributed by atoms with van der Waals surface area (Å²) >= 11 is 0. The van der Waals surface area contributed by atoms with Crippen LogP contribution in [0.3, 0.4) is 0 Å². The van der Waals surface area contributed by atoms with Gasteiger partial charge in [0.05, 0.1) is 19.9 Å². The molecule has 0 atom stereocenters. The lowest BCUT2D eigenvalue weighted by atomic mass is 10.1. The Balaban J connectivity index is 1.32. The summed E-state index contributed by atoms with van der Waals surface area (Å²) in [5, 5.41) is 0. The van der Waals surface area contributed by atoms with Crippen LogP contribution in [-0.4, -0.2) is 67.8 Å². The Morgan fingerprint density at radius 2 is 1.59 bits per heavy atom. The Kier molecular flexibility index (Phi) is 6.69. The molecule has 1 saturated heterocycles. The fourth-order valence-electron chi connectivity index (χ4n) is 3.55. The second-order valence-corrected chi connectivity index (χ2v) is 7.33. The van der Waals surface area contributed by atoms with E-state index >= 15 is 0 Å². The van der Waals surface area contributed by atoms with Crippen molar-refractivity contribution in [3.8, 4) is 28.5 Å². The number of nitrogens with zero attached hydrogens (tertiary/aromatic N) is 4. The largest absolute Gasteiger partial charge is 0.497 e. The second kappa shape index (κ2) is 10.00. The van der Waals surface area contributed by atoms with E-state index in [0.717, 1.165) is 22.8 Å². The summed E-state index contributed by atoms with van der Waals surface area (Å²) in [6, 6.07) is 17.0. The van der Waals surface area contributed by atoms with E-state index in [0.29, 0.717) is 37.7 Å². The lowest BCUT2D eigenvalue weighted by molar-refractivity contribution is -0.133. The van der Waals surface area contributed by atoms with Crippen molar-refractivity contribution < 1.29 is 19.0 Å². The molecular formula is C24H26N4O4. The number of anilines is 1. The number of aromatic nitrogens is 2. The Hall–Kier alpha value is -3.81. The number of methoxy groups -OCH3 is 2. The minimum atomic E-state index is -0.0333. The van der Waals surface area contributed by atoms with Gasteiger partial charge in [-0.15, -0.1) is 0 Å². The Morgan fingerprint density at radius 3 is 2.31 bits per heavy atom. The van der Waals surface area contributed by atoms with Crippen molar-refractivity contribution in [1.82, 2.24) is 14.9 Å². The fraction of sp³-hybridized carbons (Fsp3) is 0.292. The summed E-state index contributed by atoms with van der Waals surface area (Å²) in [4.78, 5) is 25.4. The molecule has 1 aliphatic heterocycles. The molecule has 2 heterocycles. The first kappa shape index (κ1) is 21.4. The number of benzene rings is 2. The van der Waals surface area contributed by atoms with Crippen LogP contribution in [0, 0.1) is 0 Å². The summed E-state index contributed by atoms with van der Waals surface area (Å²) in [5.74, 6) is 2.93. The Bertz CT molecular complexity index is 1050. The molecule has 2 aromatic carbocycles. The number of piperazine rings is 1. The number of hydrogen-bond donors (Lipinski definition) is 0. The van der Waals surface area contributed by atoms with Gasteiger partial charge in [-0.2, -0.15) is 0 Å². The molecule has 0 aliphatic carbocycles. The van der Waals surface area contributed by atoms with Crippen LogP contribution in [0.5, 0.6) is 17.2 Å². The van der Waals surface area contributed by atoms with Gasteiger partial charge >= 0.3 is 0 Å². The third-order valence-corrected chi connectivity index (χ3v) is 5.40. The normalized spacial score (nSPS) is 13.6. The first-order valence-electron chi connectivity index (χ1n) is 10.4. The summed E-state index contributed by atoms with van der Waals surface area (Å²) in [6.45, 7) is 2.63. The summed E-state index contributed by atoms with van der Waals surface area (Å²) < 4.78 is 16.0. The van der Waals surface area contributed by atoms with Crippen molar-refractivity contribution in [3.05, 3.63) is 60.9 Å². The third kappa shape index (κ3) is 5.08. The topological polar surface area (TPSA) is 77.0 Å². The molecule has 0 radical (unpaired) electrons. The molecule has 0 unspecified atom stereocenters. The van der Waals surface area contributed by atoms with Gasteiger partial charge < -0.3 is 24.0 Å². The molecule has 0 N–H and O–H groups in total. The second-order valence-electron chi connectivity index (χ2n) is 7.33. The highest BCUT2D eigenvalue weighted by Crippen LogP contribution is 2.24. The number of ether oxygens (including phenoxy) is 3. The van der Waals surface area contributed by atoms with Gasteiger partial charge in [-0.05, 0) is 36.4 Å². The zero-order chi connectivity index (χ0) is 22.3. The van der Waals surface area contributed by atoms with Gasteiger partial charge in [0.15, 0.2) is 6.61 Å². The third-order valence-electron chi connectivity index (χ3n) is 5.40. The maximum Gasteiger partial charge on any atom is 0.260 e. The van der Waals surface area contributed by atoms with Crippen molar-refractivity contribution in [2.75, 3.05) is 51.9 Å². The predicted octanol–water partition coefficient (Wildman–Crippen LogP) is 2.89. The van der Waals surface area contributed by atoms with Crippen LogP contribution in [0.2, 0.25) is 0 Å². The summed E-state index contributed by atoms with van der Waals surface area (Å²) in [6.07, 6.45) is 1.58. The van der Waals surface area contributed by atoms with Crippen molar-refractivity contribution in [2.24, 2.45) is 0 Å². The monoisotopic (exact) mass is 434 g/mol. The van der Waals surface area contributed by atoms with Crippen LogP contribution in [0.4, 0.5) is 5.82 Å². The van der Waals surface area contributed by atoms with Crippen LogP contribution >= 0.6 is 0 Å². The molecule has 166 valence electrons. The van der Waals surface area contributed by atoms with Gasteiger partial charge in [0, 0.05) is 43.9 Å². The van der Waals surface area contributed by atoms with Crippen molar-refractivity contribution >= 4 is 11.7 Å². The minimum Gasteiger partial charge on any atom is -0.497 e. The minimum absolute atomic E-state index is 0.00227. The van der Waals surface area contributed by atoms with Gasteiger partial charge in [0.1, 0.15) is 29.4 Å². The van der Waals surface area contributed by atoms with Crippen LogP contribution in [0.1, 0.15) is 0 Å². The van der Waals surface area contributed by atoms with E-state index in [9.17, 15) is 4.79 Å². The molecule has 8 nitrogen and oxygen atoms in total. The van der Waals surface area contributed by atoms with E-state index in [2.05, 4.69) is 14.9 Å². The first-order valence-corrected chi connectivity index (χ1v) is 10.4. The SMILES string of the molecule is COc1ccc(-c2cc(N3CCN(C(=O)COc4cccc(OC)c4)CC3)ncn2)cc1. The number of rotatable bonds is 7. The number of carbonyl (C=O) groups excluding carboxylic acids is 1. The standard InChI is InChI=1S/C24H26N4O4/c1-30-19-8-6-18(7-9-19)22-15-23(26-17-25-22)27-10-12-28(13-11-27)24(29)16-32-21-5-3-4-20(14-21)31-2/h3-9,14-15,17H,10-13,16H2,1-2H3. The molecule has 1 fully saturated rings. The smallest absolute Gasteiger partial charge is 0.260 e. The molecule has 0 bridgehead atoms. The lowest BCUT2D eigenvalue weighted by Crippen LogP contribution is -2.50. The van der Waals surface area contributed by atoms with Crippen LogP contribution in [0.15, 0.2) is 60.9 Å². The first-order chi connectivity index (χ1) is 15.7. The van der Waals surface area contributed by atoms with Gasteiger partial charge in [-0.3, -0.25) is 4.79 Å². The maximum absolute atomic E-state index is 12.6. The average Bonchev–Trinajstić information content (AvgIpc) is 2.87. The number of amides is 1. The molecule has 3 aromatic rings. The van der Waals surface area contributed by atoms with Gasteiger partial charge in [0.25, 0.3) is 5.91 Å². The molecule has 8 heteroatoms. The summed E-state index contributed by atoms with van der Waals surface area (Å²) in [5.41, 5.74) is 1.85. The molecular weight excluding hydrogens is 408 g/mol. The molecule has 32 heavy (non-hydrogen) atoms. The fourth-order valence-corrected chi connectivity index (χ4v) is 3.55. The molecule has 4 rings (SSSR count). The highest BCUT2D eigenvalue weighted by molar-refractivity contribution is 5.78. The van der Waals surface area contributed by atoms with Crippen molar-refractivity contribution in [1.29, 1.82) is 0 Å². The maximum atomic E-state index is 12.6. The number of carbonyl (C=O) groups is 1. The van der Waals surface area contributed by atoms with E-state index in [1.807, 2.05) is 53.4 Å². The Labute approximate surface area is 187 Å². The van der Waals surface area contributed by atoms with Gasteiger partial charge in [-0.25, -0.2) is 9.97 Å². The van der Waals surface area contributed by atoms with E-state index in [1.54, 1.807) is 26.6 Å². The molecule has 1 amide bonds. The quantitative estimate of drug-likeness (QED) is 0.566. The van der Waals surface area contributed by atoms with Crippen LogP contribution in [-0.2, 0) is 4.79 Å². The molecule has 0 saturated carbocycles.